The van der Waals surface area contributed by atoms with E-state index in [0.717, 1.165) is 30.6 Å². The second-order valence-corrected chi connectivity index (χ2v) is 14.8. The van der Waals surface area contributed by atoms with E-state index in [-0.39, 0.29) is 5.56 Å². The molecule has 0 aliphatic heterocycles. The van der Waals surface area contributed by atoms with E-state index in [4.69, 9.17) is 0 Å². The van der Waals surface area contributed by atoms with Crippen molar-refractivity contribution in [3.8, 4) is 5.69 Å². The number of hydrogen-bond donors (Lipinski definition) is 1. The second-order valence-electron chi connectivity index (χ2n) is 11.2. The maximum Gasteiger partial charge on any atom is 0.271 e. The third-order valence-corrected chi connectivity index (χ3v) is 12.8. The van der Waals surface area contributed by atoms with Crippen molar-refractivity contribution in [3.63, 3.8) is 0 Å². The summed E-state index contributed by atoms with van der Waals surface area (Å²) in [5.74, 6) is 0. The highest BCUT2D eigenvalue weighted by Gasteiger charge is 2.45. The highest BCUT2D eigenvalue weighted by atomic mass is 31.2. The van der Waals surface area contributed by atoms with Gasteiger partial charge in [-0.25, -0.2) is 4.68 Å². The number of allylic oxidation sites excluding steroid dienone is 6. The molecular weight excluding hydrogens is 531 g/mol. The van der Waals surface area contributed by atoms with E-state index < -0.39 is 7.26 Å². The largest absolute Gasteiger partial charge is 0.295 e. The van der Waals surface area contributed by atoms with Crippen LogP contribution in [0.2, 0.25) is 0 Å². The molecule has 3 aromatic carbocycles. The Labute approximate surface area is 252 Å². The van der Waals surface area contributed by atoms with Crippen molar-refractivity contribution >= 4 is 17.9 Å². The molecule has 0 saturated carbocycles. The molecule has 216 valence electrons. The lowest BCUT2D eigenvalue weighted by molar-refractivity contribution is 0.574. The molecule has 0 unspecified atom stereocenters. The summed E-state index contributed by atoms with van der Waals surface area (Å²) in [4.78, 5) is 12.4. The molecule has 1 heterocycles. The first-order chi connectivity index (χ1) is 20.8. The number of aryl methyl sites for hydroxylation is 1. The van der Waals surface area contributed by atoms with E-state index in [1.165, 1.54) is 67.0 Å². The van der Waals surface area contributed by atoms with E-state index >= 15 is 0 Å². The van der Waals surface area contributed by atoms with Gasteiger partial charge in [-0.05, 0) is 80.7 Å². The predicted molar refractivity (Wildman–Crippen MR) is 182 cm³/mol. The van der Waals surface area contributed by atoms with Gasteiger partial charge in [0.25, 0.3) is 5.56 Å². The zero-order valence-electron chi connectivity index (χ0n) is 24.7. The summed E-state index contributed by atoms with van der Waals surface area (Å²) >= 11 is 0. The minimum absolute atomic E-state index is 0.0187. The third kappa shape index (κ3) is 7.58. The highest BCUT2D eigenvalue weighted by Crippen LogP contribution is 2.64. The molecule has 1 N–H and O–H groups in total. The topological polar surface area (TPSA) is 37.8 Å². The molecule has 4 heteroatoms. The van der Waals surface area contributed by atoms with Gasteiger partial charge in [0.1, 0.15) is 23.2 Å². The van der Waals surface area contributed by atoms with Crippen LogP contribution in [0.4, 0.5) is 0 Å². The van der Waals surface area contributed by atoms with Gasteiger partial charge >= 0.3 is 0 Å². The number of rotatable bonds is 15. The van der Waals surface area contributed by atoms with Gasteiger partial charge < -0.3 is 0 Å². The molecule has 0 spiro atoms. The molecule has 0 radical (unpaired) electrons. The van der Waals surface area contributed by atoms with Gasteiger partial charge in [0.05, 0.1) is 11.8 Å². The molecule has 1 aliphatic carbocycles. The van der Waals surface area contributed by atoms with Crippen molar-refractivity contribution in [1.82, 2.24) is 9.78 Å². The number of nitrogens with one attached hydrogen (secondary N) is 1. The quantitative estimate of drug-likeness (QED) is 0.112. The molecule has 0 saturated heterocycles. The molecule has 1 aromatic heterocycles. The van der Waals surface area contributed by atoms with Crippen molar-refractivity contribution in [2.75, 3.05) is 6.16 Å². The summed E-state index contributed by atoms with van der Waals surface area (Å²) in [7, 11) is -1.72. The molecule has 5 rings (SSSR count). The smallest absolute Gasteiger partial charge is 0.271 e. The van der Waals surface area contributed by atoms with Gasteiger partial charge in [-0.1, -0.05) is 105 Å². The molecule has 4 aromatic rings. The van der Waals surface area contributed by atoms with Gasteiger partial charge in [-0.2, -0.15) is 0 Å². The highest BCUT2D eigenvalue weighted by molar-refractivity contribution is 7.93. The van der Waals surface area contributed by atoms with Gasteiger partial charge in [0.2, 0.25) is 0 Å². The normalized spacial score (nSPS) is 13.2. The van der Waals surface area contributed by atoms with Crippen LogP contribution in [0.1, 0.15) is 63.5 Å². The third-order valence-electron chi connectivity index (χ3n) is 8.29. The van der Waals surface area contributed by atoms with Crippen LogP contribution in [-0.2, 0) is 6.42 Å². The molecular formula is C38H44N2OP+. The predicted octanol–water partition coefficient (Wildman–Crippen LogP) is 8.90. The molecule has 0 bridgehead atoms. The first-order valence-electron chi connectivity index (χ1n) is 15.7. The first-order valence-corrected chi connectivity index (χ1v) is 17.6. The summed E-state index contributed by atoms with van der Waals surface area (Å²) in [5.41, 5.74) is 1.94. The maximum atomic E-state index is 12.4. The Hall–Kier alpha value is -3.68. The van der Waals surface area contributed by atoms with Crippen molar-refractivity contribution in [2.45, 2.75) is 64.2 Å². The van der Waals surface area contributed by atoms with Crippen LogP contribution < -0.4 is 16.2 Å². The minimum Gasteiger partial charge on any atom is -0.295 e. The SMILES string of the molecule is O=c1cc(CCCCCCCCCC[P+](C2=CCC=CC=C2)(c2ccccc2)c2ccccc2)[nH]n1-c1ccccc1. The number of aromatic amines is 1. The number of nitrogens with zero attached hydrogens (tertiary/aromatic N) is 1. The van der Waals surface area contributed by atoms with Crippen molar-refractivity contribution in [3.05, 3.63) is 149 Å². The Morgan fingerprint density at radius 3 is 1.88 bits per heavy atom. The van der Waals surface area contributed by atoms with Crippen LogP contribution in [0.15, 0.2) is 138 Å². The fraction of sp³-hybridized carbons (Fsp3) is 0.289. The van der Waals surface area contributed by atoms with Crippen LogP contribution >= 0.6 is 7.26 Å². The molecule has 42 heavy (non-hydrogen) atoms. The number of H-pyrrole nitrogens is 1. The van der Waals surface area contributed by atoms with Gasteiger partial charge in [-0.3, -0.25) is 9.89 Å². The Morgan fingerprint density at radius 2 is 1.24 bits per heavy atom. The first kappa shape index (κ1) is 29.8. The van der Waals surface area contributed by atoms with Crippen molar-refractivity contribution in [2.24, 2.45) is 0 Å². The summed E-state index contributed by atoms with van der Waals surface area (Å²) in [6.07, 6.45) is 24.7. The van der Waals surface area contributed by atoms with Crippen LogP contribution in [0.25, 0.3) is 5.69 Å². The standard InChI is InChI=1S/C38H43N2OP/c41-38-32-33(39-40(38)34-23-13-9-14-24-34)22-12-5-3-1-2-4-8-21-31-42(36-27-17-10-18-28-36,37-29-19-11-20-30-37)35-25-15-6-7-16-26-35/h6-7,9-11,13-15,17-20,23-30,32H,1-5,8,12,16,21-22,31H2/p+1. The Morgan fingerprint density at radius 1 is 0.667 bits per heavy atom. The number of para-hydroxylation sites is 1. The minimum atomic E-state index is -1.72. The fourth-order valence-corrected chi connectivity index (χ4v) is 10.6. The Kier molecular flexibility index (Phi) is 11.0. The van der Waals surface area contributed by atoms with E-state index in [1.807, 2.05) is 30.3 Å². The summed E-state index contributed by atoms with van der Waals surface area (Å²) in [6.45, 7) is 0. The average Bonchev–Trinajstić information content (AvgIpc) is 3.21. The van der Waals surface area contributed by atoms with E-state index in [0.29, 0.717) is 0 Å². The fourth-order valence-electron chi connectivity index (χ4n) is 6.12. The lowest BCUT2D eigenvalue weighted by Gasteiger charge is -2.28. The summed E-state index contributed by atoms with van der Waals surface area (Å²) < 4.78 is 1.64. The maximum absolute atomic E-state index is 12.4. The summed E-state index contributed by atoms with van der Waals surface area (Å²) in [6, 6.07) is 34.1. The van der Waals surface area contributed by atoms with E-state index in [1.54, 1.807) is 10.7 Å². The molecule has 3 nitrogen and oxygen atoms in total. The zero-order chi connectivity index (χ0) is 28.9. The van der Waals surface area contributed by atoms with Crippen LogP contribution in [-0.4, -0.2) is 15.9 Å². The van der Waals surface area contributed by atoms with Crippen LogP contribution in [0.5, 0.6) is 0 Å². The van der Waals surface area contributed by atoms with E-state index in [9.17, 15) is 4.79 Å². The number of unbranched alkanes of at least 4 members (excludes halogenated alkanes) is 7. The molecule has 0 atom stereocenters. The Balaban J connectivity index is 1.10. The van der Waals surface area contributed by atoms with Gasteiger partial charge in [0.15, 0.2) is 0 Å². The lowest BCUT2D eigenvalue weighted by atomic mass is 10.1. The Bertz CT molecular complexity index is 1470. The number of aromatic nitrogens is 2. The summed E-state index contributed by atoms with van der Waals surface area (Å²) in [5, 5.41) is 7.79. The van der Waals surface area contributed by atoms with Gasteiger partial charge in [0, 0.05) is 11.8 Å². The van der Waals surface area contributed by atoms with E-state index in [2.05, 4.69) is 96.1 Å². The van der Waals surface area contributed by atoms with Crippen molar-refractivity contribution in [1.29, 1.82) is 0 Å². The second kappa shape index (κ2) is 15.5. The monoisotopic (exact) mass is 575 g/mol. The average molecular weight is 576 g/mol. The molecule has 1 aliphatic rings. The molecule has 0 amide bonds. The lowest BCUT2D eigenvalue weighted by Crippen LogP contribution is -2.26. The zero-order valence-corrected chi connectivity index (χ0v) is 25.6. The van der Waals surface area contributed by atoms with Crippen LogP contribution in [0.3, 0.4) is 0 Å². The number of benzene rings is 3. The van der Waals surface area contributed by atoms with Crippen molar-refractivity contribution < 1.29 is 0 Å². The van der Waals surface area contributed by atoms with Gasteiger partial charge in [-0.15, -0.1) is 0 Å². The van der Waals surface area contributed by atoms with Crippen LogP contribution in [0, 0.1) is 0 Å². The number of hydrogen-bond acceptors (Lipinski definition) is 1. The molecule has 0 fully saturated rings.